The van der Waals surface area contributed by atoms with Crippen LogP contribution in [-0.2, 0) is 0 Å². The number of thiazole rings is 1. The molecule has 0 bridgehead atoms. The topological polar surface area (TPSA) is 24.9 Å². The van der Waals surface area contributed by atoms with Gasteiger partial charge in [-0.05, 0) is 44.1 Å². The van der Waals surface area contributed by atoms with E-state index in [1.807, 2.05) is 5.38 Å². The van der Waals surface area contributed by atoms with E-state index in [0.717, 1.165) is 43.1 Å². The van der Waals surface area contributed by atoms with Crippen molar-refractivity contribution in [1.82, 2.24) is 10.3 Å². The Kier molecular flexibility index (Phi) is 5.07. The molecule has 0 spiro atoms. The Bertz CT molecular complexity index is 582. The Morgan fingerprint density at radius 3 is 2.70 bits per heavy atom. The van der Waals surface area contributed by atoms with Crippen LogP contribution in [0.5, 0.6) is 0 Å². The van der Waals surface area contributed by atoms with Crippen LogP contribution in [0.15, 0.2) is 23.6 Å². The van der Waals surface area contributed by atoms with Crippen molar-refractivity contribution in [3.63, 3.8) is 0 Å². The average Bonchev–Trinajstić information content (AvgIpc) is 2.92. The van der Waals surface area contributed by atoms with E-state index in [2.05, 4.69) is 10.3 Å². The summed E-state index contributed by atoms with van der Waals surface area (Å²) >= 11 is 1.54. The molecular weight excluding hydrogens is 302 g/mol. The first-order valence-corrected chi connectivity index (χ1v) is 7.23. The molecule has 0 unspecified atom stereocenters. The number of benzene rings is 1. The van der Waals surface area contributed by atoms with Crippen LogP contribution in [0.1, 0.15) is 23.8 Å². The molecule has 2 nitrogen and oxygen atoms in total. The van der Waals surface area contributed by atoms with Crippen molar-refractivity contribution in [2.75, 3.05) is 13.1 Å². The number of halogens is 3. The number of nitrogens with one attached hydrogen (secondary N) is 1. The van der Waals surface area contributed by atoms with Gasteiger partial charge in [0, 0.05) is 16.9 Å². The zero-order valence-corrected chi connectivity index (χ0v) is 12.4. The highest BCUT2D eigenvalue weighted by atomic mass is 35.5. The average molecular weight is 317 g/mol. The molecular formula is C14H15ClF2N2S. The summed E-state index contributed by atoms with van der Waals surface area (Å²) < 4.78 is 26.9. The van der Waals surface area contributed by atoms with Gasteiger partial charge < -0.3 is 5.32 Å². The lowest BCUT2D eigenvalue weighted by molar-refractivity contribution is 0.459. The van der Waals surface area contributed by atoms with Gasteiger partial charge in [-0.1, -0.05) is 0 Å². The molecule has 1 aliphatic heterocycles. The van der Waals surface area contributed by atoms with E-state index in [9.17, 15) is 8.78 Å². The second-order valence-electron chi connectivity index (χ2n) is 4.72. The summed E-state index contributed by atoms with van der Waals surface area (Å²) in [5.74, 6) is -0.423. The van der Waals surface area contributed by atoms with Gasteiger partial charge in [-0.2, -0.15) is 0 Å². The lowest BCUT2D eigenvalue weighted by atomic mass is 9.99. The molecule has 2 heterocycles. The van der Waals surface area contributed by atoms with Crippen molar-refractivity contribution in [1.29, 1.82) is 0 Å². The van der Waals surface area contributed by atoms with Crippen LogP contribution in [0, 0.1) is 11.6 Å². The molecule has 20 heavy (non-hydrogen) atoms. The zero-order chi connectivity index (χ0) is 13.2. The minimum atomic E-state index is -0.437. The van der Waals surface area contributed by atoms with Crippen LogP contribution < -0.4 is 5.32 Å². The van der Waals surface area contributed by atoms with E-state index in [0.29, 0.717) is 11.6 Å². The molecule has 1 aromatic carbocycles. The number of hydrogen-bond donors (Lipinski definition) is 1. The number of aromatic nitrogens is 1. The number of rotatable bonds is 2. The summed E-state index contributed by atoms with van der Waals surface area (Å²) in [5, 5.41) is 6.15. The Balaban J connectivity index is 0.00000147. The predicted octanol–water partition coefficient (Wildman–Crippen LogP) is 3.98. The van der Waals surface area contributed by atoms with Crippen molar-refractivity contribution >= 4 is 23.7 Å². The first kappa shape index (κ1) is 15.4. The van der Waals surface area contributed by atoms with Crippen LogP contribution in [-0.4, -0.2) is 18.1 Å². The largest absolute Gasteiger partial charge is 0.317 e. The highest BCUT2D eigenvalue weighted by Gasteiger charge is 2.19. The standard InChI is InChI=1S/C14H14F2N2S.ClH/c15-10-1-2-12(16)11(7-10)13-8-19-14(18-13)9-3-5-17-6-4-9;/h1-2,7-9,17H,3-6H2;1H. The van der Waals surface area contributed by atoms with E-state index in [-0.39, 0.29) is 18.0 Å². The van der Waals surface area contributed by atoms with Crippen molar-refractivity contribution < 1.29 is 8.78 Å². The first-order chi connectivity index (χ1) is 9.24. The normalized spacial score (nSPS) is 15.9. The predicted molar refractivity (Wildman–Crippen MR) is 79.6 cm³/mol. The third-order valence-corrected chi connectivity index (χ3v) is 4.42. The van der Waals surface area contributed by atoms with Gasteiger partial charge in [-0.25, -0.2) is 13.8 Å². The Hall–Kier alpha value is -1.04. The fourth-order valence-corrected chi connectivity index (χ4v) is 3.35. The highest BCUT2D eigenvalue weighted by Crippen LogP contribution is 2.32. The minimum absolute atomic E-state index is 0. The van der Waals surface area contributed by atoms with E-state index in [4.69, 9.17) is 0 Å². The third kappa shape index (κ3) is 3.16. The Morgan fingerprint density at radius 1 is 1.20 bits per heavy atom. The van der Waals surface area contributed by atoms with E-state index >= 15 is 0 Å². The molecule has 0 saturated carbocycles. The number of hydrogen-bond acceptors (Lipinski definition) is 3. The summed E-state index contributed by atoms with van der Waals surface area (Å²) in [6.45, 7) is 1.99. The molecule has 1 N–H and O–H groups in total. The molecule has 0 aliphatic carbocycles. The summed E-state index contributed by atoms with van der Waals surface area (Å²) in [5.41, 5.74) is 0.784. The summed E-state index contributed by atoms with van der Waals surface area (Å²) in [7, 11) is 0. The molecule has 1 saturated heterocycles. The fourth-order valence-electron chi connectivity index (χ4n) is 2.36. The van der Waals surface area contributed by atoms with Gasteiger partial charge in [0.2, 0.25) is 0 Å². The Labute approximate surface area is 126 Å². The quantitative estimate of drug-likeness (QED) is 0.906. The van der Waals surface area contributed by atoms with Crippen molar-refractivity contribution in [2.45, 2.75) is 18.8 Å². The molecule has 1 aromatic heterocycles. The van der Waals surface area contributed by atoms with Crippen LogP contribution in [0.2, 0.25) is 0 Å². The van der Waals surface area contributed by atoms with Crippen molar-refractivity contribution in [3.8, 4) is 11.3 Å². The van der Waals surface area contributed by atoms with Crippen LogP contribution >= 0.6 is 23.7 Å². The SMILES string of the molecule is Cl.Fc1ccc(F)c(-c2csc(C3CCNCC3)n2)c1. The van der Waals surface area contributed by atoms with E-state index in [1.54, 1.807) is 0 Å². The van der Waals surface area contributed by atoms with Gasteiger partial charge in [0.25, 0.3) is 0 Å². The van der Waals surface area contributed by atoms with E-state index < -0.39 is 11.6 Å². The first-order valence-electron chi connectivity index (χ1n) is 6.35. The highest BCUT2D eigenvalue weighted by molar-refractivity contribution is 7.10. The maximum absolute atomic E-state index is 13.7. The molecule has 0 amide bonds. The minimum Gasteiger partial charge on any atom is -0.317 e. The van der Waals surface area contributed by atoms with Gasteiger partial charge >= 0.3 is 0 Å². The van der Waals surface area contributed by atoms with Crippen molar-refractivity contribution in [2.24, 2.45) is 0 Å². The molecule has 2 aromatic rings. The van der Waals surface area contributed by atoms with Gasteiger partial charge in [0.05, 0.1) is 10.7 Å². The molecule has 1 fully saturated rings. The van der Waals surface area contributed by atoms with E-state index in [1.165, 1.54) is 17.4 Å². The van der Waals surface area contributed by atoms with Gasteiger partial charge in [-0.15, -0.1) is 23.7 Å². The monoisotopic (exact) mass is 316 g/mol. The Morgan fingerprint density at radius 2 is 1.95 bits per heavy atom. The summed E-state index contributed by atoms with van der Waals surface area (Å²) in [6, 6.07) is 3.48. The lowest BCUT2D eigenvalue weighted by Gasteiger charge is -2.20. The summed E-state index contributed by atoms with van der Waals surface area (Å²) in [4.78, 5) is 4.49. The van der Waals surface area contributed by atoms with Crippen LogP contribution in [0.3, 0.4) is 0 Å². The third-order valence-electron chi connectivity index (χ3n) is 3.41. The molecule has 1 aliphatic rings. The van der Waals surface area contributed by atoms with Crippen LogP contribution in [0.4, 0.5) is 8.78 Å². The second kappa shape index (κ2) is 6.61. The molecule has 0 radical (unpaired) electrons. The second-order valence-corrected chi connectivity index (χ2v) is 5.61. The van der Waals surface area contributed by atoms with Gasteiger partial charge in [0.1, 0.15) is 11.6 Å². The number of nitrogens with zero attached hydrogens (tertiary/aromatic N) is 1. The lowest BCUT2D eigenvalue weighted by Crippen LogP contribution is -2.26. The van der Waals surface area contributed by atoms with Crippen molar-refractivity contribution in [3.05, 3.63) is 40.2 Å². The van der Waals surface area contributed by atoms with Gasteiger partial charge in [-0.3, -0.25) is 0 Å². The molecule has 3 rings (SSSR count). The number of piperidine rings is 1. The van der Waals surface area contributed by atoms with Crippen LogP contribution in [0.25, 0.3) is 11.3 Å². The fraction of sp³-hybridized carbons (Fsp3) is 0.357. The maximum atomic E-state index is 13.7. The van der Waals surface area contributed by atoms with Gasteiger partial charge in [0.15, 0.2) is 0 Å². The maximum Gasteiger partial charge on any atom is 0.132 e. The molecule has 108 valence electrons. The summed E-state index contributed by atoms with van der Waals surface area (Å²) in [6.07, 6.45) is 2.11. The zero-order valence-electron chi connectivity index (χ0n) is 10.7. The molecule has 0 atom stereocenters. The smallest absolute Gasteiger partial charge is 0.132 e. The molecule has 6 heteroatoms.